The highest BCUT2D eigenvalue weighted by atomic mass is 16.7. The van der Waals surface area contributed by atoms with Gasteiger partial charge in [0.2, 0.25) is 0 Å². The molecule has 0 aromatic carbocycles. The molecule has 3 nitrogen and oxygen atoms in total. The molecule has 0 radical (unpaired) electrons. The summed E-state index contributed by atoms with van der Waals surface area (Å²) in [7, 11) is 1.74. The number of rotatable bonds is 7. The predicted octanol–water partition coefficient (Wildman–Crippen LogP) is 5.16. The number of nitriles is 1. The van der Waals surface area contributed by atoms with Crippen LogP contribution in [0.4, 0.5) is 0 Å². The zero-order chi connectivity index (χ0) is 17.5. The molecule has 0 aromatic heterocycles. The molecule has 0 aromatic rings. The number of hydrogen-bond acceptors (Lipinski definition) is 3. The Labute approximate surface area is 148 Å². The van der Waals surface area contributed by atoms with Crippen molar-refractivity contribution in [2.45, 2.75) is 84.5 Å². The van der Waals surface area contributed by atoms with Crippen molar-refractivity contribution < 1.29 is 9.47 Å². The van der Waals surface area contributed by atoms with E-state index in [0.29, 0.717) is 23.2 Å². The topological polar surface area (TPSA) is 42.2 Å². The van der Waals surface area contributed by atoms with Crippen LogP contribution in [-0.4, -0.2) is 19.0 Å². The third-order valence-electron chi connectivity index (χ3n) is 7.83. The summed E-state index contributed by atoms with van der Waals surface area (Å²) in [6, 6.07) is 2.47. The van der Waals surface area contributed by atoms with Gasteiger partial charge in [0.1, 0.15) is 0 Å². The molecule has 0 amide bonds. The molecule has 5 unspecified atom stereocenters. The van der Waals surface area contributed by atoms with E-state index in [9.17, 15) is 5.26 Å². The third-order valence-corrected chi connectivity index (χ3v) is 7.83. The Morgan fingerprint density at radius 2 is 1.79 bits per heavy atom. The molecule has 5 atom stereocenters. The zero-order valence-corrected chi connectivity index (χ0v) is 16.2. The Morgan fingerprint density at radius 1 is 1.17 bits per heavy atom. The summed E-state index contributed by atoms with van der Waals surface area (Å²) in [5.41, 5.74) is 0.449. The van der Waals surface area contributed by atoms with Crippen LogP contribution in [0.3, 0.4) is 0 Å². The van der Waals surface area contributed by atoms with E-state index in [1.807, 2.05) is 6.92 Å². The highest BCUT2D eigenvalue weighted by molar-refractivity contribution is 5.12. The lowest BCUT2D eigenvalue weighted by Crippen LogP contribution is -2.63. The Kier molecular flexibility index (Phi) is 5.02. The maximum absolute atomic E-state index is 9.29. The highest BCUT2D eigenvalue weighted by Crippen LogP contribution is 2.67. The molecule has 4 fully saturated rings. The summed E-state index contributed by atoms with van der Waals surface area (Å²) in [5.74, 6) is 3.08. The Bertz CT molecular complexity index is 481. The van der Waals surface area contributed by atoms with E-state index in [1.165, 1.54) is 38.5 Å². The van der Waals surface area contributed by atoms with Gasteiger partial charge < -0.3 is 9.47 Å². The van der Waals surface area contributed by atoms with Gasteiger partial charge in [0.25, 0.3) is 0 Å². The summed E-state index contributed by atoms with van der Waals surface area (Å²) >= 11 is 0. The lowest BCUT2D eigenvalue weighted by Gasteiger charge is -2.66. The summed E-state index contributed by atoms with van der Waals surface area (Å²) in [5, 5.41) is 9.29. The highest BCUT2D eigenvalue weighted by Gasteiger charge is 2.62. The quantitative estimate of drug-likeness (QED) is 0.605. The lowest BCUT2D eigenvalue weighted by atomic mass is 9.42. The minimum Gasteiger partial charge on any atom is -0.356 e. The van der Waals surface area contributed by atoms with Crippen LogP contribution in [0.1, 0.15) is 72.6 Å². The summed E-state index contributed by atoms with van der Waals surface area (Å²) in [6.45, 7) is 8.80. The van der Waals surface area contributed by atoms with E-state index in [4.69, 9.17) is 9.47 Å². The van der Waals surface area contributed by atoms with Gasteiger partial charge in [0.05, 0.1) is 11.7 Å². The van der Waals surface area contributed by atoms with Crippen LogP contribution in [0.25, 0.3) is 0 Å². The predicted molar refractivity (Wildman–Crippen MR) is 95.1 cm³/mol. The van der Waals surface area contributed by atoms with Crippen molar-refractivity contribution in [1.82, 2.24) is 0 Å². The number of nitrogens with zero attached hydrogens (tertiary/aromatic N) is 1. The van der Waals surface area contributed by atoms with E-state index < -0.39 is 0 Å². The van der Waals surface area contributed by atoms with Crippen molar-refractivity contribution in [3.8, 4) is 6.07 Å². The van der Waals surface area contributed by atoms with Crippen LogP contribution < -0.4 is 0 Å². The van der Waals surface area contributed by atoms with Gasteiger partial charge >= 0.3 is 0 Å². The van der Waals surface area contributed by atoms with Crippen LogP contribution in [0.5, 0.6) is 0 Å². The maximum atomic E-state index is 9.29. The third kappa shape index (κ3) is 2.90. The number of ether oxygens (including phenoxy) is 2. The summed E-state index contributed by atoms with van der Waals surface area (Å²) in [4.78, 5) is 0. The van der Waals surface area contributed by atoms with Crippen LogP contribution >= 0.6 is 0 Å². The van der Waals surface area contributed by atoms with Gasteiger partial charge in [0.15, 0.2) is 6.29 Å². The Morgan fingerprint density at radius 3 is 2.29 bits per heavy atom. The molecule has 4 bridgehead atoms. The van der Waals surface area contributed by atoms with E-state index in [-0.39, 0.29) is 17.8 Å². The Hall–Kier alpha value is -0.590. The minimum atomic E-state index is -0.121. The fourth-order valence-corrected chi connectivity index (χ4v) is 6.67. The van der Waals surface area contributed by atoms with Gasteiger partial charge in [0, 0.05) is 13.0 Å². The average Bonchev–Trinajstić information content (AvgIpc) is 2.56. The average molecular weight is 334 g/mol. The molecule has 3 heteroatoms. The zero-order valence-electron chi connectivity index (χ0n) is 16.2. The SMILES string of the molecule is CCC(CC(C)C#N)C12CC3CC(C1)C(C)(OC(C)OC)C(C3)C2. The molecule has 4 rings (SSSR count). The second-order valence-corrected chi connectivity index (χ2v) is 9.18. The normalized spacial score (nSPS) is 44.1. The maximum Gasteiger partial charge on any atom is 0.155 e. The van der Waals surface area contributed by atoms with Crippen LogP contribution in [0, 0.1) is 46.3 Å². The van der Waals surface area contributed by atoms with Crippen molar-refractivity contribution in [2.24, 2.45) is 35.0 Å². The largest absolute Gasteiger partial charge is 0.356 e. The monoisotopic (exact) mass is 333 g/mol. The van der Waals surface area contributed by atoms with Crippen molar-refractivity contribution in [2.75, 3.05) is 7.11 Å². The second kappa shape index (κ2) is 6.61. The molecular weight excluding hydrogens is 298 g/mol. The first-order chi connectivity index (χ1) is 11.4. The minimum absolute atomic E-state index is 0.0189. The van der Waals surface area contributed by atoms with Crippen LogP contribution in [0.2, 0.25) is 0 Å². The summed E-state index contributed by atoms with van der Waals surface area (Å²) < 4.78 is 11.9. The molecule has 136 valence electrons. The lowest BCUT2D eigenvalue weighted by molar-refractivity contribution is -0.281. The van der Waals surface area contributed by atoms with Crippen LogP contribution in [-0.2, 0) is 9.47 Å². The molecule has 4 saturated carbocycles. The Balaban J connectivity index is 1.82. The van der Waals surface area contributed by atoms with E-state index in [2.05, 4.69) is 26.8 Å². The van der Waals surface area contributed by atoms with Gasteiger partial charge in [-0.15, -0.1) is 0 Å². The number of methoxy groups -OCH3 is 1. The molecule has 24 heavy (non-hydrogen) atoms. The molecular formula is C21H35NO2. The van der Waals surface area contributed by atoms with Crippen molar-refractivity contribution in [3.63, 3.8) is 0 Å². The molecule has 0 spiro atoms. The first-order valence-electron chi connectivity index (χ1n) is 9.97. The van der Waals surface area contributed by atoms with Gasteiger partial charge in [-0.25, -0.2) is 0 Å². The number of hydrogen-bond donors (Lipinski definition) is 0. The van der Waals surface area contributed by atoms with Gasteiger partial charge in [-0.1, -0.05) is 13.3 Å². The second-order valence-electron chi connectivity index (χ2n) is 9.18. The fourth-order valence-electron chi connectivity index (χ4n) is 6.67. The van der Waals surface area contributed by atoms with Crippen LogP contribution in [0.15, 0.2) is 0 Å². The molecule has 0 saturated heterocycles. The van der Waals surface area contributed by atoms with E-state index in [0.717, 1.165) is 12.3 Å². The van der Waals surface area contributed by atoms with Crippen molar-refractivity contribution in [3.05, 3.63) is 0 Å². The molecule has 4 aliphatic rings. The smallest absolute Gasteiger partial charge is 0.155 e. The van der Waals surface area contributed by atoms with Gasteiger partial charge in [-0.05, 0) is 88.4 Å². The summed E-state index contributed by atoms with van der Waals surface area (Å²) in [6.07, 6.45) is 8.81. The van der Waals surface area contributed by atoms with Gasteiger partial charge in [-0.2, -0.15) is 5.26 Å². The first-order valence-corrected chi connectivity index (χ1v) is 9.97. The van der Waals surface area contributed by atoms with E-state index in [1.54, 1.807) is 7.11 Å². The van der Waals surface area contributed by atoms with Crippen molar-refractivity contribution in [1.29, 1.82) is 5.26 Å². The standard InChI is InChI=1S/C21H35NO2/c1-6-17(7-14(2)13-22)21-10-16-8-18(11-21)20(4,19(9-16)12-21)24-15(3)23-5/h14-19H,6-12H2,1-5H3. The first kappa shape index (κ1) is 18.2. The molecule has 0 N–H and O–H groups in total. The molecule has 4 aliphatic carbocycles. The van der Waals surface area contributed by atoms with Gasteiger partial charge in [-0.3, -0.25) is 0 Å². The van der Waals surface area contributed by atoms with E-state index >= 15 is 0 Å². The fraction of sp³-hybridized carbons (Fsp3) is 0.952. The van der Waals surface area contributed by atoms with Crippen molar-refractivity contribution >= 4 is 0 Å². The molecule has 0 aliphatic heterocycles. The molecule has 0 heterocycles.